The van der Waals surface area contributed by atoms with Gasteiger partial charge in [0.15, 0.2) is 0 Å². The molecule has 1 saturated carbocycles. The van der Waals surface area contributed by atoms with Gasteiger partial charge in [0, 0.05) is 13.1 Å². The van der Waals surface area contributed by atoms with E-state index in [9.17, 15) is 9.59 Å². The Kier molecular flexibility index (Phi) is 9.49. The van der Waals surface area contributed by atoms with E-state index in [1.807, 2.05) is 32.9 Å². The minimum Gasteiger partial charge on any atom is -0.490 e. The first-order chi connectivity index (χ1) is 17.3. The van der Waals surface area contributed by atoms with E-state index in [0.717, 1.165) is 40.8 Å². The predicted octanol–water partition coefficient (Wildman–Crippen LogP) is 7.51. The van der Waals surface area contributed by atoms with Gasteiger partial charge in [-0.25, -0.2) is 4.79 Å². The Bertz CT molecular complexity index is 1060. The highest BCUT2D eigenvalue weighted by Gasteiger charge is 2.30. The second-order valence-corrected chi connectivity index (χ2v) is 12.3. The average molecular weight is 512 g/mol. The molecular formula is C31H45NO5. The maximum atomic E-state index is 12.8. The molecule has 1 fully saturated rings. The van der Waals surface area contributed by atoms with Crippen molar-refractivity contribution in [2.75, 3.05) is 13.2 Å². The van der Waals surface area contributed by atoms with Gasteiger partial charge in [-0.2, -0.15) is 0 Å². The third kappa shape index (κ3) is 8.94. The number of ether oxygens (including phenoxy) is 3. The van der Waals surface area contributed by atoms with E-state index in [0.29, 0.717) is 18.6 Å². The summed E-state index contributed by atoms with van der Waals surface area (Å²) in [7, 11) is 0. The van der Waals surface area contributed by atoms with Crippen molar-refractivity contribution in [2.24, 2.45) is 11.3 Å². The van der Waals surface area contributed by atoms with Crippen LogP contribution >= 0.6 is 0 Å². The first kappa shape index (κ1) is 28.8. The number of fused-ring (bicyclic) bond motifs is 1. The fraction of sp³-hybridized carbons (Fsp3) is 0.613. The Hall–Kier alpha value is -2.76. The van der Waals surface area contributed by atoms with Gasteiger partial charge in [0.25, 0.3) is 0 Å². The first-order valence-electron chi connectivity index (χ1n) is 13.7. The minimum atomic E-state index is -0.620. The summed E-state index contributed by atoms with van der Waals surface area (Å²) in [4.78, 5) is 26.3. The van der Waals surface area contributed by atoms with Crippen LogP contribution in [-0.2, 0) is 20.8 Å². The molecule has 6 nitrogen and oxygen atoms in total. The van der Waals surface area contributed by atoms with Crippen LogP contribution in [-0.4, -0.2) is 41.8 Å². The van der Waals surface area contributed by atoms with Gasteiger partial charge < -0.3 is 19.1 Å². The number of benzene rings is 2. The normalized spacial score (nSPS) is 18.4. The number of hydrogen-bond acceptors (Lipinski definition) is 5. The van der Waals surface area contributed by atoms with Crippen molar-refractivity contribution in [3.8, 4) is 5.75 Å². The fourth-order valence-corrected chi connectivity index (χ4v) is 4.93. The molecule has 1 aliphatic carbocycles. The zero-order chi connectivity index (χ0) is 27.2. The Labute approximate surface area is 222 Å². The van der Waals surface area contributed by atoms with Crippen LogP contribution in [0, 0.1) is 11.3 Å². The molecule has 2 aromatic carbocycles. The van der Waals surface area contributed by atoms with Gasteiger partial charge in [-0.1, -0.05) is 39.0 Å². The summed E-state index contributed by atoms with van der Waals surface area (Å²) in [5.41, 5.74) is 0.713. The maximum Gasteiger partial charge on any atom is 0.410 e. The Morgan fingerprint density at radius 3 is 2.19 bits per heavy atom. The van der Waals surface area contributed by atoms with Crippen molar-refractivity contribution < 1.29 is 23.8 Å². The summed E-state index contributed by atoms with van der Waals surface area (Å²) in [6.07, 6.45) is 4.60. The van der Waals surface area contributed by atoms with E-state index < -0.39 is 11.7 Å². The van der Waals surface area contributed by atoms with E-state index in [4.69, 9.17) is 14.2 Å². The number of amides is 1. The monoisotopic (exact) mass is 511 g/mol. The molecule has 6 heteroatoms. The second-order valence-electron chi connectivity index (χ2n) is 12.3. The smallest absolute Gasteiger partial charge is 0.410 e. The molecule has 0 atom stereocenters. The quantitative estimate of drug-likeness (QED) is 0.343. The molecule has 0 unspecified atom stereocenters. The molecule has 3 rings (SSSR count). The zero-order valence-corrected chi connectivity index (χ0v) is 23.8. The third-order valence-corrected chi connectivity index (χ3v) is 6.99. The summed E-state index contributed by atoms with van der Waals surface area (Å²) in [5.74, 6) is 1.35. The largest absolute Gasteiger partial charge is 0.490 e. The molecule has 0 spiro atoms. The summed E-state index contributed by atoms with van der Waals surface area (Å²) in [6.45, 7) is 15.2. The number of esters is 1. The topological polar surface area (TPSA) is 65.1 Å². The van der Waals surface area contributed by atoms with E-state index in [2.05, 4.69) is 45.0 Å². The highest BCUT2D eigenvalue weighted by molar-refractivity contribution is 5.84. The molecule has 0 saturated heterocycles. The molecule has 0 aliphatic heterocycles. The van der Waals surface area contributed by atoms with Crippen LogP contribution in [0.3, 0.4) is 0 Å². The number of rotatable bonds is 8. The number of hydrogen-bond donors (Lipinski definition) is 0. The van der Waals surface area contributed by atoms with Crippen molar-refractivity contribution in [2.45, 2.75) is 98.8 Å². The molecule has 1 amide bonds. The van der Waals surface area contributed by atoms with E-state index in [1.54, 1.807) is 11.8 Å². The van der Waals surface area contributed by atoms with Crippen molar-refractivity contribution in [1.29, 1.82) is 0 Å². The van der Waals surface area contributed by atoms with Gasteiger partial charge in [0.1, 0.15) is 11.4 Å². The van der Waals surface area contributed by atoms with Crippen LogP contribution in [0.2, 0.25) is 0 Å². The van der Waals surface area contributed by atoms with Gasteiger partial charge in [0.05, 0.1) is 19.1 Å². The van der Waals surface area contributed by atoms with Gasteiger partial charge in [-0.3, -0.25) is 4.79 Å². The summed E-state index contributed by atoms with van der Waals surface area (Å²) in [5, 5.41) is 2.18. The lowest BCUT2D eigenvalue weighted by Gasteiger charge is -2.37. The van der Waals surface area contributed by atoms with Gasteiger partial charge >= 0.3 is 12.1 Å². The number of carbonyl (C=O) groups is 2. The lowest BCUT2D eigenvalue weighted by Crippen LogP contribution is -2.37. The molecule has 0 bridgehead atoms. The predicted molar refractivity (Wildman–Crippen MR) is 148 cm³/mol. The molecular weight excluding hydrogens is 466 g/mol. The lowest BCUT2D eigenvalue weighted by atomic mass is 9.72. The molecule has 0 aromatic heterocycles. The lowest BCUT2D eigenvalue weighted by molar-refractivity contribution is -0.143. The van der Waals surface area contributed by atoms with E-state index in [-0.39, 0.29) is 25.0 Å². The molecule has 1 aliphatic rings. The minimum absolute atomic E-state index is 0.124. The van der Waals surface area contributed by atoms with Gasteiger partial charge in [0.2, 0.25) is 0 Å². The Balaban J connectivity index is 1.67. The zero-order valence-electron chi connectivity index (χ0n) is 23.8. The standard InChI is InChI=1S/C31H45NO5/c1-8-35-28(33)17-18-32(29(34)37-31(5,6)7)21-22-9-10-24-20-27(14-11-23(24)19-22)36-26-15-12-25(13-16-26)30(2,3)4/h9-11,14,19-20,25-26H,8,12-13,15-18,21H2,1-7H3. The van der Waals surface area contributed by atoms with Crippen LogP contribution in [0.15, 0.2) is 36.4 Å². The second kappa shape index (κ2) is 12.2. The Morgan fingerprint density at radius 2 is 1.57 bits per heavy atom. The molecule has 2 aromatic rings. The fourth-order valence-electron chi connectivity index (χ4n) is 4.93. The molecule has 0 heterocycles. The van der Waals surface area contributed by atoms with Crippen molar-refractivity contribution in [3.05, 3.63) is 42.0 Å². The van der Waals surface area contributed by atoms with Gasteiger partial charge in [-0.15, -0.1) is 0 Å². The van der Waals surface area contributed by atoms with Crippen molar-refractivity contribution >= 4 is 22.8 Å². The van der Waals surface area contributed by atoms with E-state index >= 15 is 0 Å². The van der Waals surface area contributed by atoms with Gasteiger partial charge in [-0.05, 0) is 99.2 Å². The van der Waals surface area contributed by atoms with Crippen molar-refractivity contribution in [1.82, 2.24) is 4.90 Å². The number of carbonyl (C=O) groups excluding carboxylic acids is 2. The molecule has 0 radical (unpaired) electrons. The molecule has 0 N–H and O–H groups in total. The molecule has 204 valence electrons. The summed E-state index contributed by atoms with van der Waals surface area (Å²) >= 11 is 0. The van der Waals surface area contributed by atoms with Crippen LogP contribution in [0.1, 0.15) is 86.1 Å². The third-order valence-electron chi connectivity index (χ3n) is 6.99. The summed E-state index contributed by atoms with van der Waals surface area (Å²) in [6, 6.07) is 12.4. The highest BCUT2D eigenvalue weighted by Crippen LogP contribution is 2.39. The SMILES string of the molecule is CCOC(=O)CCN(Cc1ccc2cc(OC3CCC(C(C)(C)C)CC3)ccc2c1)C(=O)OC(C)(C)C. The highest BCUT2D eigenvalue weighted by atomic mass is 16.6. The molecule has 37 heavy (non-hydrogen) atoms. The maximum absolute atomic E-state index is 12.8. The van der Waals surface area contributed by atoms with E-state index in [1.165, 1.54) is 12.8 Å². The first-order valence-corrected chi connectivity index (χ1v) is 13.7. The van der Waals surface area contributed by atoms with Crippen LogP contribution in [0.5, 0.6) is 5.75 Å². The van der Waals surface area contributed by atoms with Crippen LogP contribution in [0.4, 0.5) is 4.79 Å². The number of nitrogens with zero attached hydrogens (tertiary/aromatic N) is 1. The Morgan fingerprint density at radius 1 is 0.919 bits per heavy atom. The van der Waals surface area contributed by atoms with Crippen molar-refractivity contribution in [3.63, 3.8) is 0 Å². The van der Waals surface area contributed by atoms with Crippen LogP contribution < -0.4 is 4.74 Å². The summed E-state index contributed by atoms with van der Waals surface area (Å²) < 4.78 is 17.0. The van der Waals surface area contributed by atoms with Crippen LogP contribution in [0.25, 0.3) is 10.8 Å². The average Bonchev–Trinajstić information content (AvgIpc) is 2.80.